The fourth-order valence-corrected chi connectivity index (χ4v) is 4.95. The van der Waals surface area contributed by atoms with Crippen LogP contribution in [0.25, 0.3) is 0 Å². The monoisotopic (exact) mass is 453 g/mol. The third-order valence-electron chi connectivity index (χ3n) is 4.24. The molecule has 0 unspecified atom stereocenters. The standard InChI is InChI=1S/C20H27N3O5S2/c1-14(2)18(22-20(25)28-13-15-8-6-5-7-9-15)19(24)21-12-16-10-11-17(29-16)30(26,27)23(3)4/h5-11,14,18H,12-13H2,1-4H3,(H,21,24)(H,22,25)/t18-/m0/s1. The lowest BCUT2D eigenvalue weighted by Crippen LogP contribution is -2.49. The molecular formula is C20H27N3O5S2. The van der Waals surface area contributed by atoms with Gasteiger partial charge in [-0.25, -0.2) is 17.5 Å². The van der Waals surface area contributed by atoms with Crippen molar-refractivity contribution in [2.24, 2.45) is 5.92 Å². The quantitative estimate of drug-likeness (QED) is 0.607. The van der Waals surface area contributed by atoms with Gasteiger partial charge in [0.2, 0.25) is 5.91 Å². The van der Waals surface area contributed by atoms with Crippen molar-refractivity contribution >= 4 is 33.4 Å². The van der Waals surface area contributed by atoms with Crippen LogP contribution in [0, 0.1) is 5.92 Å². The number of nitrogens with zero attached hydrogens (tertiary/aromatic N) is 1. The maximum absolute atomic E-state index is 12.6. The van der Waals surface area contributed by atoms with Crippen molar-refractivity contribution in [3.8, 4) is 0 Å². The number of hydrogen-bond donors (Lipinski definition) is 2. The highest BCUT2D eigenvalue weighted by Gasteiger charge is 2.25. The minimum Gasteiger partial charge on any atom is -0.445 e. The fraction of sp³-hybridized carbons (Fsp3) is 0.400. The first kappa shape index (κ1) is 23.8. The molecule has 0 bridgehead atoms. The molecule has 0 radical (unpaired) electrons. The average Bonchev–Trinajstić information content (AvgIpc) is 3.19. The Morgan fingerprint density at radius 1 is 1.10 bits per heavy atom. The van der Waals surface area contributed by atoms with E-state index in [1.54, 1.807) is 6.07 Å². The van der Waals surface area contributed by atoms with Crippen LogP contribution < -0.4 is 10.6 Å². The number of alkyl carbamates (subject to hydrolysis) is 1. The lowest BCUT2D eigenvalue weighted by Gasteiger charge is -2.21. The van der Waals surface area contributed by atoms with E-state index >= 15 is 0 Å². The molecule has 0 fully saturated rings. The third-order valence-corrected chi connectivity index (χ3v) is 7.61. The van der Waals surface area contributed by atoms with Gasteiger partial charge in [0.05, 0.1) is 6.54 Å². The summed E-state index contributed by atoms with van der Waals surface area (Å²) in [5.41, 5.74) is 0.847. The maximum atomic E-state index is 12.6. The summed E-state index contributed by atoms with van der Waals surface area (Å²) in [5.74, 6) is -0.533. The van der Waals surface area contributed by atoms with Crippen LogP contribution in [0.2, 0.25) is 0 Å². The molecule has 1 aromatic carbocycles. The van der Waals surface area contributed by atoms with Gasteiger partial charge in [-0.1, -0.05) is 44.2 Å². The number of thiophene rings is 1. The molecule has 0 spiro atoms. The Bertz CT molecular complexity index is 956. The van der Waals surface area contributed by atoms with E-state index in [9.17, 15) is 18.0 Å². The van der Waals surface area contributed by atoms with Gasteiger partial charge in [-0.2, -0.15) is 0 Å². The molecule has 0 aliphatic carbocycles. The van der Waals surface area contributed by atoms with Gasteiger partial charge < -0.3 is 15.4 Å². The van der Waals surface area contributed by atoms with Crippen LogP contribution in [0.3, 0.4) is 0 Å². The number of carbonyl (C=O) groups excluding carboxylic acids is 2. The van der Waals surface area contributed by atoms with Crippen molar-refractivity contribution in [3.63, 3.8) is 0 Å². The second-order valence-corrected chi connectivity index (χ2v) is 10.7. The van der Waals surface area contributed by atoms with E-state index in [-0.39, 0.29) is 29.2 Å². The molecule has 0 aliphatic rings. The molecule has 1 aromatic heterocycles. The molecular weight excluding hydrogens is 426 g/mol. The Morgan fingerprint density at radius 2 is 1.77 bits per heavy atom. The number of nitrogens with one attached hydrogen (secondary N) is 2. The van der Waals surface area contributed by atoms with Crippen LogP contribution in [0.5, 0.6) is 0 Å². The Labute approximate surface area is 181 Å². The van der Waals surface area contributed by atoms with Gasteiger partial charge in [-0.15, -0.1) is 11.3 Å². The van der Waals surface area contributed by atoms with Crippen molar-refractivity contribution < 1.29 is 22.7 Å². The van der Waals surface area contributed by atoms with E-state index in [1.165, 1.54) is 20.2 Å². The molecule has 8 nitrogen and oxygen atoms in total. The van der Waals surface area contributed by atoms with Crippen LogP contribution in [0.15, 0.2) is 46.7 Å². The first-order valence-corrected chi connectivity index (χ1v) is 11.6. The van der Waals surface area contributed by atoms with E-state index in [0.29, 0.717) is 4.88 Å². The first-order valence-electron chi connectivity index (χ1n) is 9.37. The molecule has 164 valence electrons. The van der Waals surface area contributed by atoms with Gasteiger partial charge in [0.15, 0.2) is 0 Å². The van der Waals surface area contributed by atoms with E-state index in [2.05, 4.69) is 10.6 Å². The SMILES string of the molecule is CC(C)[C@H](NC(=O)OCc1ccccc1)C(=O)NCc1ccc(S(=O)(=O)N(C)C)s1. The molecule has 10 heteroatoms. The summed E-state index contributed by atoms with van der Waals surface area (Å²) in [6.45, 7) is 3.90. The van der Waals surface area contributed by atoms with E-state index in [0.717, 1.165) is 21.2 Å². The lowest BCUT2D eigenvalue weighted by molar-refractivity contribution is -0.124. The van der Waals surface area contributed by atoms with Gasteiger partial charge in [-0.3, -0.25) is 4.79 Å². The van der Waals surface area contributed by atoms with Crippen LogP contribution in [-0.2, 0) is 32.7 Å². The number of amides is 2. The Hall–Kier alpha value is -2.43. The molecule has 2 N–H and O–H groups in total. The number of sulfonamides is 1. The molecule has 2 rings (SSSR count). The zero-order valence-corrected chi connectivity index (χ0v) is 19.0. The lowest BCUT2D eigenvalue weighted by atomic mass is 10.0. The summed E-state index contributed by atoms with van der Waals surface area (Å²) in [6, 6.07) is 11.6. The number of hydrogen-bond acceptors (Lipinski definition) is 6. The normalized spacial score (nSPS) is 12.6. The second kappa shape index (κ2) is 10.6. The predicted octanol–water partition coefficient (Wildman–Crippen LogP) is 2.57. The van der Waals surface area contributed by atoms with Crippen molar-refractivity contribution in [2.75, 3.05) is 14.1 Å². The minimum absolute atomic E-state index is 0.109. The number of rotatable bonds is 9. The summed E-state index contributed by atoms with van der Waals surface area (Å²) < 4.78 is 30.8. The molecule has 2 aromatic rings. The van der Waals surface area contributed by atoms with Crippen molar-refractivity contribution in [3.05, 3.63) is 52.9 Å². The Kier molecular flexibility index (Phi) is 8.39. The fourth-order valence-electron chi connectivity index (χ4n) is 2.48. The van der Waals surface area contributed by atoms with Gasteiger partial charge >= 0.3 is 6.09 Å². The van der Waals surface area contributed by atoms with Crippen LogP contribution in [-0.4, -0.2) is 44.9 Å². The Balaban J connectivity index is 1.91. The molecule has 2 amide bonds. The molecule has 30 heavy (non-hydrogen) atoms. The van der Waals surface area contributed by atoms with Gasteiger partial charge in [0.25, 0.3) is 10.0 Å². The van der Waals surface area contributed by atoms with Crippen molar-refractivity contribution in [1.29, 1.82) is 0 Å². The minimum atomic E-state index is -3.50. The molecule has 1 atom stereocenters. The molecule has 0 saturated carbocycles. The number of benzene rings is 1. The summed E-state index contributed by atoms with van der Waals surface area (Å²) >= 11 is 1.09. The van der Waals surface area contributed by atoms with Gasteiger partial charge in [0.1, 0.15) is 16.9 Å². The molecule has 0 saturated heterocycles. The van der Waals surface area contributed by atoms with Crippen molar-refractivity contribution in [1.82, 2.24) is 14.9 Å². The highest BCUT2D eigenvalue weighted by Crippen LogP contribution is 2.23. The summed E-state index contributed by atoms with van der Waals surface area (Å²) in [4.78, 5) is 25.4. The van der Waals surface area contributed by atoms with Crippen LogP contribution >= 0.6 is 11.3 Å². The summed E-state index contributed by atoms with van der Waals surface area (Å²) in [6.07, 6.45) is -0.678. The zero-order chi connectivity index (χ0) is 22.3. The zero-order valence-electron chi connectivity index (χ0n) is 17.4. The van der Waals surface area contributed by atoms with E-state index in [1.807, 2.05) is 44.2 Å². The smallest absolute Gasteiger partial charge is 0.408 e. The highest BCUT2D eigenvalue weighted by atomic mass is 32.2. The van der Waals surface area contributed by atoms with E-state index < -0.39 is 22.2 Å². The highest BCUT2D eigenvalue weighted by molar-refractivity contribution is 7.91. The van der Waals surface area contributed by atoms with Crippen LogP contribution in [0.1, 0.15) is 24.3 Å². The van der Waals surface area contributed by atoms with Gasteiger partial charge in [0, 0.05) is 19.0 Å². The van der Waals surface area contributed by atoms with E-state index in [4.69, 9.17) is 4.74 Å². The number of carbonyl (C=O) groups is 2. The largest absolute Gasteiger partial charge is 0.445 e. The third kappa shape index (κ3) is 6.54. The van der Waals surface area contributed by atoms with Crippen molar-refractivity contribution in [2.45, 2.75) is 37.3 Å². The first-order chi connectivity index (χ1) is 14.1. The predicted molar refractivity (Wildman–Crippen MR) is 115 cm³/mol. The summed E-state index contributed by atoms with van der Waals surface area (Å²) in [5, 5.41) is 5.34. The average molecular weight is 454 g/mol. The summed E-state index contributed by atoms with van der Waals surface area (Å²) in [7, 11) is -0.575. The number of ether oxygens (including phenoxy) is 1. The molecule has 1 heterocycles. The van der Waals surface area contributed by atoms with Crippen LogP contribution in [0.4, 0.5) is 4.79 Å². The molecule has 0 aliphatic heterocycles. The van der Waals surface area contributed by atoms with Gasteiger partial charge in [-0.05, 0) is 23.6 Å². The maximum Gasteiger partial charge on any atom is 0.408 e. The second-order valence-electron chi connectivity index (χ2n) is 7.15. The topological polar surface area (TPSA) is 105 Å². The Morgan fingerprint density at radius 3 is 2.37 bits per heavy atom.